The van der Waals surface area contributed by atoms with E-state index in [1.165, 1.54) is 22.3 Å². The van der Waals surface area contributed by atoms with Gasteiger partial charge in [-0.1, -0.05) is 30.7 Å². The Morgan fingerprint density at radius 2 is 1.72 bits per heavy atom. The Bertz CT molecular complexity index is 355. The summed E-state index contributed by atoms with van der Waals surface area (Å²) in [5.41, 5.74) is 5.75. The molecule has 0 spiro atoms. The van der Waals surface area contributed by atoms with Crippen LogP contribution in [0.2, 0.25) is 0 Å². The summed E-state index contributed by atoms with van der Waals surface area (Å²) < 4.78 is 0. The summed E-state index contributed by atoms with van der Waals surface area (Å²) in [6.07, 6.45) is 12.1. The van der Waals surface area contributed by atoms with Crippen molar-refractivity contribution >= 4 is 31.7 Å². The molecule has 0 saturated carbocycles. The first-order chi connectivity index (χ1) is 6.79. The van der Waals surface area contributed by atoms with Gasteiger partial charge in [-0.25, -0.2) is 5.57 Å². The SMILES string of the molecule is CC1=[C-]CC(C2=CC=CC2)=C1C.Cl.Cl.[CH3-].[CH3-].[SiH2]=[Zr]. The summed E-state index contributed by atoms with van der Waals surface area (Å²) in [5, 5.41) is 0. The molecule has 0 aliphatic heterocycles. The van der Waals surface area contributed by atoms with Gasteiger partial charge in [0.05, 0.1) is 0 Å². The molecule has 0 fully saturated rings. The molecule has 0 aromatic heterocycles. The van der Waals surface area contributed by atoms with Crippen LogP contribution in [0.4, 0.5) is 0 Å². The Balaban J connectivity index is -0.000000156. The predicted molar refractivity (Wildman–Crippen MR) is 87.5 cm³/mol. The van der Waals surface area contributed by atoms with Crippen molar-refractivity contribution in [1.82, 2.24) is 0 Å². The molecule has 0 bridgehead atoms. The monoisotopic (exact) mass is 379 g/mol. The molecule has 2 rings (SSSR count). The van der Waals surface area contributed by atoms with Crippen molar-refractivity contribution in [2.45, 2.75) is 26.7 Å². The van der Waals surface area contributed by atoms with E-state index in [0.717, 1.165) is 12.8 Å². The van der Waals surface area contributed by atoms with E-state index in [9.17, 15) is 0 Å². The van der Waals surface area contributed by atoms with Crippen LogP contribution in [-0.4, -0.2) is 6.88 Å². The fraction of sp³-hybridized carbons (Fsp3) is 0.286. The van der Waals surface area contributed by atoms with Gasteiger partial charge in [0.2, 0.25) is 0 Å². The van der Waals surface area contributed by atoms with Crippen LogP contribution < -0.4 is 0 Å². The van der Waals surface area contributed by atoms with Gasteiger partial charge in [0, 0.05) is 0 Å². The molecular weight excluding hydrogens is 358 g/mol. The molecule has 4 heteroatoms. The number of rotatable bonds is 1. The second-order valence-corrected chi connectivity index (χ2v) is 3.41. The zero-order valence-electron chi connectivity index (χ0n) is 11.7. The Morgan fingerprint density at radius 3 is 2.06 bits per heavy atom. The Kier molecular flexibility index (Phi) is 21.1. The third-order valence-corrected chi connectivity index (χ3v) is 2.70. The molecule has 18 heavy (non-hydrogen) atoms. The van der Waals surface area contributed by atoms with E-state index in [1.54, 1.807) is 23.3 Å². The van der Waals surface area contributed by atoms with Crippen LogP contribution in [0.25, 0.3) is 0 Å². The Labute approximate surface area is 142 Å². The molecule has 2 aliphatic rings. The molecule has 0 N–H and O–H groups in total. The summed E-state index contributed by atoms with van der Waals surface area (Å²) in [6.45, 7) is 6.29. The third kappa shape index (κ3) is 6.70. The Hall–Kier alpha value is 0.640. The van der Waals surface area contributed by atoms with Crippen molar-refractivity contribution in [2.75, 3.05) is 0 Å². The topological polar surface area (TPSA) is 0 Å². The van der Waals surface area contributed by atoms with E-state index in [-0.39, 0.29) is 39.7 Å². The van der Waals surface area contributed by atoms with Crippen LogP contribution in [0.1, 0.15) is 26.7 Å². The van der Waals surface area contributed by atoms with Gasteiger partial charge < -0.3 is 14.9 Å². The van der Waals surface area contributed by atoms with Crippen molar-refractivity contribution in [1.29, 1.82) is 0 Å². The first-order valence-corrected chi connectivity index (χ1v) is 10.7. The van der Waals surface area contributed by atoms with Crippen LogP contribution in [0.3, 0.4) is 0 Å². The van der Waals surface area contributed by atoms with E-state index in [4.69, 9.17) is 0 Å². The van der Waals surface area contributed by atoms with E-state index >= 15 is 0 Å². The van der Waals surface area contributed by atoms with Crippen molar-refractivity contribution in [3.8, 4) is 0 Å². The van der Waals surface area contributed by atoms with Crippen LogP contribution in [0.15, 0.2) is 40.5 Å². The van der Waals surface area contributed by atoms with Crippen molar-refractivity contribution < 1.29 is 23.3 Å². The Morgan fingerprint density at radius 1 is 1.17 bits per heavy atom. The first kappa shape index (κ1) is 27.1. The molecule has 104 valence electrons. The minimum atomic E-state index is 0. The number of allylic oxidation sites excluding steroid dienone is 8. The predicted octanol–water partition coefficient (Wildman–Crippen LogP) is 4.17. The van der Waals surface area contributed by atoms with E-state index in [0.29, 0.717) is 0 Å². The summed E-state index contributed by atoms with van der Waals surface area (Å²) in [6, 6.07) is 0. The van der Waals surface area contributed by atoms with E-state index in [1.807, 2.05) is 6.88 Å². The van der Waals surface area contributed by atoms with Crippen molar-refractivity contribution in [2.24, 2.45) is 0 Å². The van der Waals surface area contributed by atoms with Gasteiger partial charge in [0.1, 0.15) is 0 Å². The average molecular weight is 382 g/mol. The van der Waals surface area contributed by atoms with Gasteiger partial charge in [-0.3, -0.25) is 6.08 Å². The van der Waals surface area contributed by atoms with Crippen LogP contribution >= 0.6 is 24.8 Å². The molecule has 0 unspecified atom stereocenters. The molecule has 0 amide bonds. The van der Waals surface area contributed by atoms with Crippen LogP contribution in [-0.2, 0) is 23.3 Å². The molecular formula is C14H23Cl2SiZr-3. The molecule has 0 saturated heterocycles. The zero-order chi connectivity index (χ0) is 10.6. The van der Waals surface area contributed by atoms with Gasteiger partial charge >= 0.3 is 30.2 Å². The van der Waals surface area contributed by atoms with Crippen LogP contribution in [0.5, 0.6) is 0 Å². The summed E-state index contributed by atoms with van der Waals surface area (Å²) in [4.78, 5) is 0. The normalized spacial score (nSPS) is 14.7. The zero-order valence-corrected chi connectivity index (χ0v) is 17.2. The molecule has 0 aromatic carbocycles. The van der Waals surface area contributed by atoms with Gasteiger partial charge in [-0.15, -0.1) is 43.7 Å². The molecule has 0 radical (unpaired) electrons. The van der Waals surface area contributed by atoms with E-state index < -0.39 is 0 Å². The van der Waals surface area contributed by atoms with Gasteiger partial charge in [0.15, 0.2) is 0 Å². The number of halogens is 2. The standard InChI is InChI=1S/C12H13.2CH3.2ClH.H2Si.Zr/c1-9-7-8-12(10(9)2)11-5-3-4-6-11;;;;;;/h3-5H,6,8H2,1-2H3;2*1H3;2*1H;1H2;/q3*-1;;;;. The molecule has 0 aromatic rings. The fourth-order valence-electron chi connectivity index (χ4n) is 1.74. The van der Waals surface area contributed by atoms with Crippen molar-refractivity contribution in [3.63, 3.8) is 0 Å². The van der Waals surface area contributed by atoms with Gasteiger partial charge in [-0.2, -0.15) is 5.57 Å². The maximum absolute atomic E-state index is 3.37. The number of hydrogen-bond acceptors (Lipinski definition) is 0. The number of hydrogen-bond donors (Lipinski definition) is 0. The molecule has 0 nitrogen and oxygen atoms in total. The maximum atomic E-state index is 3.37. The first-order valence-electron chi connectivity index (χ1n) is 4.78. The summed E-state index contributed by atoms with van der Waals surface area (Å²) >= 11 is 1.58. The molecule has 2 aliphatic carbocycles. The van der Waals surface area contributed by atoms with Gasteiger partial charge in [-0.05, 0) is 6.42 Å². The third-order valence-electron chi connectivity index (χ3n) is 2.70. The molecule has 0 heterocycles. The van der Waals surface area contributed by atoms with Crippen molar-refractivity contribution in [3.05, 3.63) is 61.4 Å². The second kappa shape index (κ2) is 14.1. The van der Waals surface area contributed by atoms with E-state index in [2.05, 4.69) is 38.2 Å². The second-order valence-electron chi connectivity index (χ2n) is 3.41. The average Bonchev–Trinajstić information content (AvgIpc) is 2.82. The van der Waals surface area contributed by atoms with Gasteiger partial charge in [0.25, 0.3) is 0 Å². The quantitative estimate of drug-likeness (QED) is 0.472. The fourth-order valence-corrected chi connectivity index (χ4v) is 1.74. The molecule has 0 atom stereocenters. The minimum absolute atomic E-state index is 0. The summed E-state index contributed by atoms with van der Waals surface area (Å²) in [5.74, 6) is 0. The van der Waals surface area contributed by atoms with Crippen LogP contribution in [0, 0.1) is 20.9 Å². The summed E-state index contributed by atoms with van der Waals surface area (Å²) in [7, 11) is 0.